The summed E-state index contributed by atoms with van der Waals surface area (Å²) in [4.78, 5) is 11.4. The van der Waals surface area contributed by atoms with Crippen LogP contribution in [0.15, 0.2) is 16.6 Å². The van der Waals surface area contributed by atoms with E-state index in [-0.39, 0.29) is 5.78 Å². The predicted octanol–water partition coefficient (Wildman–Crippen LogP) is 3.00. The van der Waals surface area contributed by atoms with Crippen LogP contribution >= 0.6 is 0 Å². The first-order chi connectivity index (χ1) is 6.18. The van der Waals surface area contributed by atoms with Gasteiger partial charge in [0.05, 0.1) is 0 Å². The average Bonchev–Trinajstić information content (AvgIpc) is 2.49. The molecule has 0 radical (unpaired) electrons. The van der Waals surface area contributed by atoms with Gasteiger partial charge < -0.3 is 4.42 Å². The maximum Gasteiger partial charge on any atom is 0.202 e. The second kappa shape index (κ2) is 2.87. The van der Waals surface area contributed by atoms with Gasteiger partial charge >= 0.3 is 0 Å². The summed E-state index contributed by atoms with van der Waals surface area (Å²) in [6.45, 7) is 4.11. The van der Waals surface area contributed by atoms with Crippen LogP contribution in [0, 0.1) is 0 Å². The zero-order valence-electron chi connectivity index (χ0n) is 7.83. The van der Waals surface area contributed by atoms with E-state index in [1.54, 1.807) is 0 Å². The second-order valence-electron chi connectivity index (χ2n) is 3.62. The predicted molar refractivity (Wildman–Crippen MR) is 50.8 cm³/mol. The Morgan fingerprint density at radius 3 is 2.85 bits per heavy atom. The van der Waals surface area contributed by atoms with Crippen molar-refractivity contribution in [2.75, 3.05) is 0 Å². The van der Waals surface area contributed by atoms with Gasteiger partial charge in [-0.25, -0.2) is 0 Å². The van der Waals surface area contributed by atoms with Crippen LogP contribution in [0.3, 0.4) is 0 Å². The molecule has 68 valence electrons. The number of hydrogen-bond donors (Lipinski definition) is 0. The van der Waals surface area contributed by atoms with Gasteiger partial charge in [-0.3, -0.25) is 4.79 Å². The number of Topliss-reactive ketones (excluding diaryl/α,β-unsaturated/α-hetero) is 1. The summed E-state index contributed by atoms with van der Waals surface area (Å²) in [5.41, 5.74) is 0.931. The van der Waals surface area contributed by atoms with Gasteiger partial charge in [0, 0.05) is 17.9 Å². The van der Waals surface area contributed by atoms with Crippen LogP contribution in [-0.2, 0) is 0 Å². The third kappa shape index (κ3) is 1.32. The molecule has 0 bridgehead atoms. The number of furan rings is 1. The first-order valence-electron chi connectivity index (χ1n) is 4.52. The molecule has 0 spiro atoms. The highest BCUT2D eigenvalue weighted by Gasteiger charge is 2.19. The molecule has 0 aromatic carbocycles. The Hall–Kier alpha value is -1.31. The van der Waals surface area contributed by atoms with Gasteiger partial charge in [0.2, 0.25) is 5.78 Å². The van der Waals surface area contributed by atoms with E-state index < -0.39 is 0 Å². The molecular weight excluding hydrogens is 164 g/mol. The van der Waals surface area contributed by atoms with Gasteiger partial charge in [-0.1, -0.05) is 26.0 Å². The topological polar surface area (TPSA) is 30.2 Å². The molecule has 0 saturated heterocycles. The van der Waals surface area contributed by atoms with Crippen LogP contribution in [0.1, 0.15) is 48.1 Å². The smallest absolute Gasteiger partial charge is 0.202 e. The molecule has 1 aromatic heterocycles. The Labute approximate surface area is 77.2 Å². The fourth-order valence-corrected chi connectivity index (χ4v) is 1.44. The molecule has 2 heteroatoms. The summed E-state index contributed by atoms with van der Waals surface area (Å²) in [7, 11) is 0. The van der Waals surface area contributed by atoms with E-state index >= 15 is 0 Å². The van der Waals surface area contributed by atoms with E-state index in [0.29, 0.717) is 18.1 Å². The van der Waals surface area contributed by atoms with Crippen LogP contribution in [0.5, 0.6) is 0 Å². The summed E-state index contributed by atoms with van der Waals surface area (Å²) in [5.74, 6) is 1.85. The number of hydrogen-bond acceptors (Lipinski definition) is 2. The number of rotatable bonds is 1. The first kappa shape index (κ1) is 8.30. The zero-order valence-corrected chi connectivity index (χ0v) is 7.83. The van der Waals surface area contributed by atoms with Crippen molar-refractivity contribution < 1.29 is 9.21 Å². The Balaban J connectivity index is 2.49. The van der Waals surface area contributed by atoms with Crippen molar-refractivity contribution in [2.24, 2.45) is 0 Å². The molecule has 2 nitrogen and oxygen atoms in total. The number of carbonyl (C=O) groups is 1. The SMILES string of the molecule is CC(C)c1cc2c(o1)C(=O)CC=C2. The lowest BCUT2D eigenvalue weighted by Crippen LogP contribution is -2.00. The Kier molecular flexibility index (Phi) is 1.83. The number of fused-ring (bicyclic) bond motifs is 1. The van der Waals surface area contributed by atoms with Gasteiger partial charge in [0.15, 0.2) is 5.76 Å². The fourth-order valence-electron chi connectivity index (χ4n) is 1.44. The van der Waals surface area contributed by atoms with Gasteiger partial charge in [0.1, 0.15) is 5.76 Å². The maximum absolute atomic E-state index is 11.4. The minimum atomic E-state index is 0.0874. The van der Waals surface area contributed by atoms with E-state index in [1.165, 1.54) is 0 Å². The molecular formula is C11H12O2. The molecule has 0 unspecified atom stereocenters. The lowest BCUT2D eigenvalue weighted by atomic mass is 10.0. The Bertz CT molecular complexity index is 369. The summed E-state index contributed by atoms with van der Waals surface area (Å²) in [6, 6.07) is 1.95. The Morgan fingerprint density at radius 2 is 2.23 bits per heavy atom. The van der Waals surface area contributed by atoms with Crippen molar-refractivity contribution in [2.45, 2.75) is 26.2 Å². The molecule has 1 aliphatic carbocycles. The van der Waals surface area contributed by atoms with Crippen LogP contribution in [-0.4, -0.2) is 5.78 Å². The highest BCUT2D eigenvalue weighted by Crippen LogP contribution is 2.26. The van der Waals surface area contributed by atoms with Crippen molar-refractivity contribution in [1.29, 1.82) is 0 Å². The highest BCUT2D eigenvalue weighted by atomic mass is 16.3. The summed E-state index contributed by atoms with van der Waals surface area (Å²) < 4.78 is 5.48. The van der Waals surface area contributed by atoms with Crippen molar-refractivity contribution in [3.8, 4) is 0 Å². The summed E-state index contributed by atoms with van der Waals surface area (Å²) in [6.07, 6.45) is 4.30. The lowest BCUT2D eigenvalue weighted by Gasteiger charge is -2.00. The molecule has 0 aliphatic heterocycles. The molecule has 1 aromatic rings. The molecule has 0 amide bonds. The van der Waals surface area contributed by atoms with Gasteiger partial charge in [0.25, 0.3) is 0 Å². The largest absolute Gasteiger partial charge is 0.457 e. The molecule has 0 atom stereocenters. The summed E-state index contributed by atoms with van der Waals surface area (Å²) >= 11 is 0. The van der Waals surface area contributed by atoms with E-state index in [4.69, 9.17) is 4.42 Å². The average molecular weight is 176 g/mol. The third-order valence-corrected chi connectivity index (χ3v) is 2.20. The van der Waals surface area contributed by atoms with Gasteiger partial charge in [-0.15, -0.1) is 0 Å². The monoisotopic (exact) mass is 176 g/mol. The van der Waals surface area contributed by atoms with E-state index in [0.717, 1.165) is 11.3 Å². The van der Waals surface area contributed by atoms with Crippen molar-refractivity contribution >= 4 is 11.9 Å². The normalized spacial score (nSPS) is 15.2. The zero-order chi connectivity index (χ0) is 9.42. The van der Waals surface area contributed by atoms with E-state index in [2.05, 4.69) is 13.8 Å². The molecule has 1 aliphatic rings. The highest BCUT2D eigenvalue weighted by molar-refractivity contribution is 6.00. The first-order valence-corrected chi connectivity index (χ1v) is 4.52. The molecule has 0 fully saturated rings. The third-order valence-electron chi connectivity index (χ3n) is 2.20. The van der Waals surface area contributed by atoms with Crippen molar-refractivity contribution in [3.05, 3.63) is 29.2 Å². The molecule has 0 saturated carbocycles. The number of allylic oxidation sites excluding steroid dienone is 1. The van der Waals surface area contributed by atoms with Gasteiger partial charge in [-0.05, 0) is 6.07 Å². The van der Waals surface area contributed by atoms with E-state index in [9.17, 15) is 4.79 Å². The van der Waals surface area contributed by atoms with Crippen LogP contribution in [0.2, 0.25) is 0 Å². The molecule has 2 rings (SSSR count). The number of carbonyl (C=O) groups excluding carboxylic acids is 1. The standard InChI is InChI=1S/C11H12O2/c1-7(2)10-6-8-4-3-5-9(12)11(8)13-10/h3-4,6-7H,5H2,1-2H3. The minimum absolute atomic E-state index is 0.0874. The fraction of sp³-hybridized carbons (Fsp3) is 0.364. The molecule has 0 N–H and O–H groups in total. The quantitative estimate of drug-likeness (QED) is 0.658. The van der Waals surface area contributed by atoms with E-state index in [1.807, 2.05) is 18.2 Å². The lowest BCUT2D eigenvalue weighted by molar-refractivity contribution is 0.0965. The van der Waals surface area contributed by atoms with Crippen molar-refractivity contribution in [3.63, 3.8) is 0 Å². The molecule has 13 heavy (non-hydrogen) atoms. The van der Waals surface area contributed by atoms with Gasteiger partial charge in [-0.2, -0.15) is 0 Å². The second-order valence-corrected chi connectivity index (χ2v) is 3.62. The number of ketones is 1. The Morgan fingerprint density at radius 1 is 1.46 bits per heavy atom. The van der Waals surface area contributed by atoms with Crippen LogP contribution < -0.4 is 0 Å². The molecule has 1 heterocycles. The minimum Gasteiger partial charge on any atom is -0.457 e. The maximum atomic E-state index is 11.4. The summed E-state index contributed by atoms with van der Waals surface area (Å²) in [5, 5.41) is 0. The van der Waals surface area contributed by atoms with Crippen molar-refractivity contribution in [1.82, 2.24) is 0 Å². The van der Waals surface area contributed by atoms with Crippen LogP contribution in [0.25, 0.3) is 6.08 Å². The van der Waals surface area contributed by atoms with Crippen LogP contribution in [0.4, 0.5) is 0 Å².